The molecule has 0 saturated heterocycles. The van der Waals surface area contributed by atoms with Crippen molar-refractivity contribution in [3.63, 3.8) is 0 Å². The molecule has 0 radical (unpaired) electrons. The molecule has 0 spiro atoms. The number of allylic oxidation sites excluding steroid dienone is 4. The van der Waals surface area contributed by atoms with E-state index in [2.05, 4.69) is 48.8 Å². The summed E-state index contributed by atoms with van der Waals surface area (Å²) in [5, 5.41) is 5.66. The SMILES string of the molecule is CCCCCCCCC=CCCCCCCCC(=O)NCNC(=O)CCCCCCCC=CCCCCCCCC. The molecule has 0 bridgehead atoms. The van der Waals surface area contributed by atoms with E-state index in [4.69, 9.17) is 0 Å². The summed E-state index contributed by atoms with van der Waals surface area (Å²) in [5.74, 6) is 0.0906. The van der Waals surface area contributed by atoms with Gasteiger partial charge < -0.3 is 10.6 Å². The third-order valence-corrected chi connectivity index (χ3v) is 7.90. The fraction of sp³-hybridized carbons (Fsp3) is 0.838. The number of carbonyl (C=O) groups is 2. The highest BCUT2D eigenvalue weighted by Gasteiger charge is 2.03. The highest BCUT2D eigenvalue weighted by molar-refractivity contribution is 5.78. The van der Waals surface area contributed by atoms with Crippen molar-refractivity contribution >= 4 is 11.8 Å². The molecule has 0 aromatic heterocycles. The van der Waals surface area contributed by atoms with Gasteiger partial charge in [-0.25, -0.2) is 0 Å². The van der Waals surface area contributed by atoms with E-state index < -0.39 is 0 Å². The maximum absolute atomic E-state index is 12.0. The molecule has 0 heterocycles. The summed E-state index contributed by atoms with van der Waals surface area (Å²) in [6.45, 7) is 4.79. The van der Waals surface area contributed by atoms with Gasteiger partial charge in [0, 0.05) is 12.8 Å². The van der Waals surface area contributed by atoms with Crippen LogP contribution in [0.1, 0.15) is 194 Å². The average Bonchev–Trinajstić information content (AvgIpc) is 2.97. The summed E-state index contributed by atoms with van der Waals surface area (Å²) >= 11 is 0. The number of nitrogens with one attached hydrogen (secondary N) is 2. The van der Waals surface area contributed by atoms with E-state index in [1.54, 1.807) is 0 Å². The average molecular weight is 575 g/mol. The van der Waals surface area contributed by atoms with Crippen LogP contribution in [0.15, 0.2) is 24.3 Å². The van der Waals surface area contributed by atoms with Crippen molar-refractivity contribution in [3.8, 4) is 0 Å². The zero-order chi connectivity index (χ0) is 29.9. The standard InChI is InChI=1S/C37H70N2O2/c1-3-5-7-9-11-13-15-17-19-21-23-25-27-29-31-33-36(40)38-35-39-37(41)34-32-30-28-26-24-22-20-18-16-14-12-10-8-6-4-2/h17-20H,3-16,21-35H2,1-2H3,(H,38,40)(H,39,41). The summed E-state index contributed by atoms with van der Waals surface area (Å²) in [4.78, 5) is 24.0. The van der Waals surface area contributed by atoms with Gasteiger partial charge in [-0.05, 0) is 64.2 Å². The van der Waals surface area contributed by atoms with Crippen molar-refractivity contribution in [3.05, 3.63) is 24.3 Å². The Bertz CT molecular complexity index is 562. The third-order valence-electron chi connectivity index (χ3n) is 7.90. The van der Waals surface area contributed by atoms with E-state index in [1.165, 1.54) is 141 Å². The van der Waals surface area contributed by atoms with Crippen LogP contribution in [0.3, 0.4) is 0 Å². The van der Waals surface area contributed by atoms with Crippen LogP contribution in [0.25, 0.3) is 0 Å². The first kappa shape index (κ1) is 39.4. The maximum Gasteiger partial charge on any atom is 0.221 e. The van der Waals surface area contributed by atoms with Crippen molar-refractivity contribution < 1.29 is 9.59 Å². The van der Waals surface area contributed by atoms with Crippen molar-refractivity contribution in [1.82, 2.24) is 10.6 Å². The number of rotatable bonds is 32. The number of carbonyl (C=O) groups excluding carboxylic acids is 2. The lowest BCUT2D eigenvalue weighted by Crippen LogP contribution is -2.37. The topological polar surface area (TPSA) is 58.2 Å². The van der Waals surface area contributed by atoms with Crippen LogP contribution in [0, 0.1) is 0 Å². The van der Waals surface area contributed by atoms with Gasteiger partial charge in [-0.15, -0.1) is 0 Å². The molecule has 0 atom stereocenters. The molecule has 0 aliphatic rings. The Labute approximate surface area is 256 Å². The minimum absolute atomic E-state index is 0.0453. The second kappa shape index (κ2) is 34.6. The Hall–Kier alpha value is -1.58. The van der Waals surface area contributed by atoms with Gasteiger partial charge in [-0.1, -0.05) is 141 Å². The summed E-state index contributed by atoms with van der Waals surface area (Å²) in [7, 11) is 0. The number of hydrogen-bond donors (Lipinski definition) is 2. The number of amides is 2. The monoisotopic (exact) mass is 575 g/mol. The summed E-state index contributed by atoms with van der Waals surface area (Å²) in [6.07, 6.45) is 43.3. The molecular weight excluding hydrogens is 504 g/mol. The Kier molecular flexibility index (Phi) is 33.3. The van der Waals surface area contributed by atoms with Gasteiger partial charge in [-0.3, -0.25) is 9.59 Å². The largest absolute Gasteiger partial charge is 0.339 e. The quantitative estimate of drug-likeness (QED) is 0.0477. The molecule has 2 amide bonds. The fourth-order valence-electron chi connectivity index (χ4n) is 5.13. The molecule has 2 N–H and O–H groups in total. The molecule has 0 aliphatic carbocycles. The van der Waals surface area contributed by atoms with Gasteiger partial charge in [0.1, 0.15) is 0 Å². The Morgan fingerprint density at radius 2 is 0.659 bits per heavy atom. The van der Waals surface area contributed by atoms with Crippen LogP contribution in [0.4, 0.5) is 0 Å². The van der Waals surface area contributed by atoms with Crippen molar-refractivity contribution in [2.75, 3.05) is 6.67 Å². The van der Waals surface area contributed by atoms with Crippen LogP contribution < -0.4 is 10.6 Å². The van der Waals surface area contributed by atoms with Crippen LogP contribution in [-0.2, 0) is 9.59 Å². The lowest BCUT2D eigenvalue weighted by atomic mass is 10.1. The number of hydrogen-bond acceptors (Lipinski definition) is 2. The molecule has 4 heteroatoms. The fourth-order valence-corrected chi connectivity index (χ4v) is 5.13. The zero-order valence-electron chi connectivity index (χ0n) is 27.6. The summed E-state index contributed by atoms with van der Waals surface area (Å²) in [6, 6.07) is 0. The molecule has 0 aromatic rings. The van der Waals surface area contributed by atoms with Gasteiger partial charge >= 0.3 is 0 Å². The Balaban J connectivity index is 3.35. The lowest BCUT2D eigenvalue weighted by molar-refractivity contribution is -0.123. The first-order valence-corrected chi connectivity index (χ1v) is 18.0. The van der Waals surface area contributed by atoms with E-state index in [0.29, 0.717) is 12.8 Å². The predicted octanol–water partition coefficient (Wildman–Crippen LogP) is 11.3. The number of unbranched alkanes of at least 4 members (excludes halogenated alkanes) is 22. The molecule has 0 aliphatic heterocycles. The minimum Gasteiger partial charge on any atom is -0.339 e. The van der Waals surface area contributed by atoms with Gasteiger partial charge in [0.2, 0.25) is 11.8 Å². The lowest BCUT2D eigenvalue weighted by Gasteiger charge is -2.07. The van der Waals surface area contributed by atoms with Crippen molar-refractivity contribution in [2.45, 2.75) is 194 Å². The highest BCUT2D eigenvalue weighted by Crippen LogP contribution is 2.11. The molecule has 0 aromatic carbocycles. The normalized spacial score (nSPS) is 11.6. The molecule has 0 saturated carbocycles. The van der Waals surface area contributed by atoms with E-state index in [9.17, 15) is 9.59 Å². The molecule has 41 heavy (non-hydrogen) atoms. The van der Waals surface area contributed by atoms with E-state index >= 15 is 0 Å². The molecule has 240 valence electrons. The second-order valence-electron chi connectivity index (χ2n) is 12.0. The van der Waals surface area contributed by atoms with E-state index in [-0.39, 0.29) is 18.5 Å². The first-order valence-electron chi connectivity index (χ1n) is 18.0. The molecular formula is C37H70N2O2. The van der Waals surface area contributed by atoms with E-state index in [1.807, 2.05) is 0 Å². The van der Waals surface area contributed by atoms with Gasteiger partial charge in [0.05, 0.1) is 6.67 Å². The van der Waals surface area contributed by atoms with Crippen molar-refractivity contribution in [2.24, 2.45) is 0 Å². The Morgan fingerprint density at radius 3 is 0.976 bits per heavy atom. The van der Waals surface area contributed by atoms with Crippen LogP contribution in [0.5, 0.6) is 0 Å². The molecule has 4 nitrogen and oxygen atoms in total. The van der Waals surface area contributed by atoms with Crippen LogP contribution in [-0.4, -0.2) is 18.5 Å². The highest BCUT2D eigenvalue weighted by atomic mass is 16.2. The predicted molar refractivity (Wildman–Crippen MR) is 180 cm³/mol. The third kappa shape index (κ3) is 34.5. The molecule has 0 unspecified atom stereocenters. The van der Waals surface area contributed by atoms with Crippen LogP contribution >= 0.6 is 0 Å². The van der Waals surface area contributed by atoms with Gasteiger partial charge in [-0.2, -0.15) is 0 Å². The van der Waals surface area contributed by atoms with Gasteiger partial charge in [0.25, 0.3) is 0 Å². The Morgan fingerprint density at radius 1 is 0.390 bits per heavy atom. The van der Waals surface area contributed by atoms with E-state index in [0.717, 1.165) is 25.7 Å². The summed E-state index contributed by atoms with van der Waals surface area (Å²) in [5.41, 5.74) is 0. The van der Waals surface area contributed by atoms with Crippen LogP contribution in [0.2, 0.25) is 0 Å². The first-order chi connectivity index (χ1) is 20.2. The minimum atomic E-state index is 0.0453. The van der Waals surface area contributed by atoms with Crippen molar-refractivity contribution in [1.29, 1.82) is 0 Å². The van der Waals surface area contributed by atoms with Gasteiger partial charge in [0.15, 0.2) is 0 Å². The maximum atomic E-state index is 12.0. The zero-order valence-corrected chi connectivity index (χ0v) is 27.6. The molecule has 0 rings (SSSR count). The summed E-state index contributed by atoms with van der Waals surface area (Å²) < 4.78 is 0. The molecule has 0 fully saturated rings. The second-order valence-corrected chi connectivity index (χ2v) is 12.0. The smallest absolute Gasteiger partial charge is 0.221 e.